The van der Waals surface area contributed by atoms with Gasteiger partial charge in [-0.25, -0.2) is 9.59 Å². The molecule has 2 aromatic rings. The Morgan fingerprint density at radius 1 is 1.19 bits per heavy atom. The van der Waals surface area contributed by atoms with E-state index >= 15 is 0 Å². The number of methoxy groups -OCH3 is 2. The van der Waals surface area contributed by atoms with Crippen LogP contribution >= 0.6 is 0 Å². The second-order valence-corrected chi connectivity index (χ2v) is 4.36. The van der Waals surface area contributed by atoms with E-state index in [1.807, 2.05) is 19.1 Å². The average Bonchev–Trinajstić information content (AvgIpc) is 2.53. The van der Waals surface area contributed by atoms with E-state index < -0.39 is 11.6 Å². The number of hydrogen-bond donors (Lipinski definition) is 0. The molecule has 0 bridgehead atoms. The molecule has 0 spiro atoms. The summed E-state index contributed by atoms with van der Waals surface area (Å²) >= 11 is 0. The highest BCUT2D eigenvalue weighted by Crippen LogP contribution is 2.26. The van der Waals surface area contributed by atoms with E-state index in [4.69, 9.17) is 9.15 Å². The molecule has 5 nitrogen and oxygen atoms in total. The van der Waals surface area contributed by atoms with E-state index in [9.17, 15) is 9.59 Å². The Morgan fingerprint density at radius 3 is 2.38 bits per heavy atom. The lowest BCUT2D eigenvalue weighted by molar-refractivity contribution is 0.0595. The second kappa shape index (κ2) is 6.26. The fraction of sp³-hybridized carbons (Fsp3) is 0.250. The van der Waals surface area contributed by atoms with Crippen molar-refractivity contribution in [1.82, 2.24) is 0 Å². The summed E-state index contributed by atoms with van der Waals surface area (Å²) in [5.41, 5.74) is 0.734. The fourth-order valence-electron chi connectivity index (χ4n) is 2.04. The monoisotopic (exact) mass is 288 g/mol. The number of carbonyl (C=O) groups excluding carboxylic acids is 1. The molecule has 0 aliphatic heterocycles. The predicted octanol–water partition coefficient (Wildman–Crippen LogP) is 2.66. The third-order valence-electron chi connectivity index (χ3n) is 3.15. The smallest absolute Gasteiger partial charge is 0.350 e. The largest absolute Gasteiger partial charge is 0.497 e. The molecule has 0 unspecified atom stereocenters. The number of rotatable bonds is 4. The molecular weight excluding hydrogens is 272 g/mol. The maximum Gasteiger partial charge on any atom is 0.350 e. The molecule has 1 aromatic carbocycles. The van der Waals surface area contributed by atoms with Gasteiger partial charge >= 0.3 is 11.6 Å². The summed E-state index contributed by atoms with van der Waals surface area (Å²) < 4.78 is 14.9. The predicted molar refractivity (Wildman–Crippen MR) is 77.7 cm³/mol. The average molecular weight is 288 g/mol. The van der Waals surface area contributed by atoms with Crippen LogP contribution in [0.5, 0.6) is 5.75 Å². The van der Waals surface area contributed by atoms with Crippen LogP contribution in [0.25, 0.3) is 11.1 Å². The second-order valence-electron chi connectivity index (χ2n) is 4.36. The normalized spacial score (nSPS) is 10.2. The number of benzene rings is 1. The van der Waals surface area contributed by atoms with E-state index in [0.717, 1.165) is 11.3 Å². The summed E-state index contributed by atoms with van der Waals surface area (Å²) in [6.07, 6.45) is 0.540. The molecule has 21 heavy (non-hydrogen) atoms. The molecule has 1 heterocycles. The lowest BCUT2D eigenvalue weighted by Crippen LogP contribution is -2.16. The molecule has 5 heteroatoms. The topological polar surface area (TPSA) is 65.7 Å². The number of ether oxygens (including phenoxy) is 2. The maximum absolute atomic E-state index is 11.8. The van der Waals surface area contributed by atoms with Gasteiger partial charge in [-0.3, -0.25) is 0 Å². The Balaban J connectivity index is 2.59. The zero-order valence-electron chi connectivity index (χ0n) is 12.1. The van der Waals surface area contributed by atoms with Crippen LogP contribution in [0.1, 0.15) is 23.0 Å². The van der Waals surface area contributed by atoms with Crippen LogP contribution in [0.15, 0.2) is 39.5 Å². The van der Waals surface area contributed by atoms with Crippen molar-refractivity contribution in [2.24, 2.45) is 0 Å². The molecule has 0 radical (unpaired) electrons. The minimum Gasteiger partial charge on any atom is -0.497 e. The van der Waals surface area contributed by atoms with Gasteiger partial charge in [-0.15, -0.1) is 0 Å². The van der Waals surface area contributed by atoms with Gasteiger partial charge < -0.3 is 13.9 Å². The zero-order valence-corrected chi connectivity index (χ0v) is 12.1. The Bertz CT molecular complexity index is 698. The summed E-state index contributed by atoms with van der Waals surface area (Å²) in [6, 6.07) is 8.80. The van der Waals surface area contributed by atoms with Crippen LogP contribution in [0.3, 0.4) is 0 Å². The minimum absolute atomic E-state index is 0.111. The quantitative estimate of drug-likeness (QED) is 0.809. The molecule has 0 aliphatic rings. The van der Waals surface area contributed by atoms with Crippen molar-refractivity contribution in [3.63, 3.8) is 0 Å². The highest BCUT2D eigenvalue weighted by Gasteiger charge is 2.17. The molecule has 0 saturated heterocycles. The molecular formula is C16H16O5. The van der Waals surface area contributed by atoms with Gasteiger partial charge in [0.2, 0.25) is 0 Å². The molecule has 0 amide bonds. The Hall–Kier alpha value is -2.56. The molecule has 0 aliphatic carbocycles. The highest BCUT2D eigenvalue weighted by molar-refractivity contribution is 5.90. The number of hydrogen-bond acceptors (Lipinski definition) is 5. The van der Waals surface area contributed by atoms with Gasteiger partial charge in [0.1, 0.15) is 17.1 Å². The van der Waals surface area contributed by atoms with Crippen molar-refractivity contribution in [1.29, 1.82) is 0 Å². The highest BCUT2D eigenvalue weighted by atomic mass is 16.5. The number of esters is 1. The van der Waals surface area contributed by atoms with E-state index in [1.165, 1.54) is 13.2 Å². The van der Waals surface area contributed by atoms with Gasteiger partial charge in [0.05, 0.1) is 14.2 Å². The summed E-state index contributed by atoms with van der Waals surface area (Å²) in [6.45, 7) is 1.88. The third kappa shape index (κ3) is 2.97. The van der Waals surface area contributed by atoms with Crippen molar-refractivity contribution >= 4 is 5.97 Å². The van der Waals surface area contributed by atoms with Gasteiger partial charge in [0, 0.05) is 12.0 Å². The van der Waals surface area contributed by atoms with Crippen LogP contribution in [-0.4, -0.2) is 20.2 Å². The van der Waals surface area contributed by atoms with Crippen molar-refractivity contribution < 1.29 is 18.7 Å². The van der Waals surface area contributed by atoms with Gasteiger partial charge in [0.15, 0.2) is 0 Å². The minimum atomic E-state index is -0.707. The van der Waals surface area contributed by atoms with E-state index in [0.29, 0.717) is 17.7 Å². The van der Waals surface area contributed by atoms with Crippen LogP contribution in [0.4, 0.5) is 0 Å². The summed E-state index contributed by atoms with van der Waals surface area (Å²) in [5, 5.41) is 0. The van der Waals surface area contributed by atoms with E-state index in [-0.39, 0.29) is 5.56 Å². The van der Waals surface area contributed by atoms with Gasteiger partial charge in [0.25, 0.3) is 0 Å². The van der Waals surface area contributed by atoms with Crippen molar-refractivity contribution in [3.05, 3.63) is 52.1 Å². The van der Waals surface area contributed by atoms with E-state index in [1.54, 1.807) is 19.2 Å². The molecule has 110 valence electrons. The summed E-state index contributed by atoms with van der Waals surface area (Å²) in [4.78, 5) is 23.4. The third-order valence-corrected chi connectivity index (χ3v) is 3.15. The standard InChI is InChI=1S/C16H16O5/c1-4-14-12(10-5-7-11(19-2)8-6-10)9-13(15(17)20-3)16(18)21-14/h5-9H,4H2,1-3H3. The van der Waals surface area contributed by atoms with Crippen LogP contribution in [-0.2, 0) is 11.2 Å². The Morgan fingerprint density at radius 2 is 1.86 bits per heavy atom. The lowest BCUT2D eigenvalue weighted by Gasteiger charge is -2.09. The van der Waals surface area contributed by atoms with E-state index in [2.05, 4.69) is 4.74 Å². The van der Waals surface area contributed by atoms with Crippen molar-refractivity contribution in [2.75, 3.05) is 14.2 Å². The summed E-state index contributed by atoms with van der Waals surface area (Å²) in [7, 11) is 2.81. The molecule has 0 fully saturated rings. The van der Waals surface area contributed by atoms with Crippen LogP contribution < -0.4 is 10.4 Å². The first-order valence-corrected chi connectivity index (χ1v) is 6.50. The molecule has 2 rings (SSSR count). The van der Waals surface area contributed by atoms with Crippen LogP contribution in [0.2, 0.25) is 0 Å². The number of aryl methyl sites for hydroxylation is 1. The molecule has 0 saturated carbocycles. The Kier molecular flexibility index (Phi) is 4.42. The zero-order chi connectivity index (χ0) is 15.4. The molecule has 0 atom stereocenters. The van der Waals surface area contributed by atoms with Gasteiger partial charge in [-0.2, -0.15) is 0 Å². The first kappa shape index (κ1) is 14.8. The SMILES string of the molecule is CCc1oc(=O)c(C(=O)OC)cc1-c1ccc(OC)cc1. The fourth-order valence-corrected chi connectivity index (χ4v) is 2.04. The lowest BCUT2D eigenvalue weighted by atomic mass is 10.0. The number of carbonyl (C=O) groups is 1. The first-order chi connectivity index (χ1) is 10.1. The molecule has 0 N–H and O–H groups in total. The van der Waals surface area contributed by atoms with Crippen molar-refractivity contribution in [2.45, 2.75) is 13.3 Å². The summed E-state index contributed by atoms with van der Waals surface area (Å²) in [5.74, 6) is 0.543. The van der Waals surface area contributed by atoms with Gasteiger partial charge in [-0.1, -0.05) is 19.1 Å². The van der Waals surface area contributed by atoms with Gasteiger partial charge in [-0.05, 0) is 23.8 Å². The Labute approximate surface area is 122 Å². The van der Waals surface area contributed by atoms with Crippen molar-refractivity contribution in [3.8, 4) is 16.9 Å². The van der Waals surface area contributed by atoms with Crippen LogP contribution in [0, 0.1) is 0 Å². The molecule has 1 aromatic heterocycles. The maximum atomic E-state index is 11.8. The first-order valence-electron chi connectivity index (χ1n) is 6.50.